The first-order chi connectivity index (χ1) is 17.4. The minimum atomic E-state index is -4.07. The predicted octanol–water partition coefficient (Wildman–Crippen LogP) is 3.49. The highest BCUT2D eigenvalue weighted by atomic mass is 35.5. The Labute approximate surface area is 224 Å². The van der Waals surface area contributed by atoms with E-state index in [0.717, 1.165) is 6.92 Å². The van der Waals surface area contributed by atoms with Crippen LogP contribution >= 0.6 is 23.2 Å². The molecule has 0 aliphatic heterocycles. The number of rotatable bonds is 10. The first-order valence-electron chi connectivity index (χ1n) is 11.2. The molecule has 3 rings (SSSR count). The second-order valence-electron chi connectivity index (χ2n) is 8.10. The fourth-order valence-corrected chi connectivity index (χ4v) is 5.00. The van der Waals surface area contributed by atoms with Gasteiger partial charge in [-0.15, -0.1) is 0 Å². The lowest BCUT2D eigenvalue weighted by Crippen LogP contribution is -2.40. The number of fused-ring (bicyclic) bond motifs is 1. The van der Waals surface area contributed by atoms with Gasteiger partial charge in [0.2, 0.25) is 5.91 Å². The Morgan fingerprint density at radius 2 is 1.84 bits per heavy atom. The minimum Gasteiger partial charge on any atom is -0.462 e. The van der Waals surface area contributed by atoms with Crippen molar-refractivity contribution in [3.63, 3.8) is 0 Å². The number of nitrogens with one attached hydrogen (secondary N) is 3. The van der Waals surface area contributed by atoms with E-state index in [1.165, 1.54) is 0 Å². The summed E-state index contributed by atoms with van der Waals surface area (Å²) in [6.07, 6.45) is 0.105. The molecule has 0 aliphatic carbocycles. The molecule has 198 valence electrons. The van der Waals surface area contributed by atoms with Crippen molar-refractivity contribution in [3.05, 3.63) is 69.3 Å². The summed E-state index contributed by atoms with van der Waals surface area (Å²) in [4.78, 5) is 36.7. The van der Waals surface area contributed by atoms with Gasteiger partial charge >= 0.3 is 16.2 Å². The SMILES string of the molecule is CCOC(=O)c1cccc(C(CCNS(=O)(=O)NC(C)=O)NC(=O)c2cc3c(Cl)c(Cl)ccc3n2C)c1. The van der Waals surface area contributed by atoms with Gasteiger partial charge in [0, 0.05) is 31.4 Å². The van der Waals surface area contributed by atoms with E-state index in [4.69, 9.17) is 27.9 Å². The van der Waals surface area contributed by atoms with E-state index in [0.29, 0.717) is 32.2 Å². The molecule has 3 N–H and O–H groups in total. The van der Waals surface area contributed by atoms with E-state index in [9.17, 15) is 22.8 Å². The van der Waals surface area contributed by atoms with Crippen LogP contribution in [0.15, 0.2) is 42.5 Å². The molecule has 1 unspecified atom stereocenters. The van der Waals surface area contributed by atoms with Crippen molar-refractivity contribution in [2.75, 3.05) is 13.2 Å². The molecule has 0 aliphatic rings. The van der Waals surface area contributed by atoms with E-state index in [1.54, 1.807) is 61.0 Å². The molecular weight excluding hydrogens is 543 g/mol. The van der Waals surface area contributed by atoms with E-state index in [2.05, 4.69) is 10.0 Å². The Hall–Kier alpha value is -3.12. The van der Waals surface area contributed by atoms with Crippen LogP contribution < -0.4 is 14.8 Å². The third kappa shape index (κ3) is 7.01. The van der Waals surface area contributed by atoms with Crippen LogP contribution in [-0.4, -0.2) is 43.9 Å². The molecule has 13 heteroatoms. The van der Waals surface area contributed by atoms with Crippen LogP contribution in [0.4, 0.5) is 0 Å². The smallest absolute Gasteiger partial charge is 0.338 e. The van der Waals surface area contributed by atoms with Crippen molar-refractivity contribution in [3.8, 4) is 0 Å². The second-order valence-corrected chi connectivity index (χ2v) is 10.4. The number of carbonyl (C=O) groups is 3. The lowest BCUT2D eigenvalue weighted by Gasteiger charge is -2.20. The molecule has 37 heavy (non-hydrogen) atoms. The Kier molecular flexibility index (Phi) is 9.19. The summed E-state index contributed by atoms with van der Waals surface area (Å²) in [5.41, 5.74) is 1.83. The summed E-state index contributed by atoms with van der Waals surface area (Å²) in [5, 5.41) is 4.18. The zero-order valence-electron chi connectivity index (χ0n) is 20.3. The molecule has 2 aromatic carbocycles. The Balaban J connectivity index is 1.91. The van der Waals surface area contributed by atoms with Crippen LogP contribution in [0, 0.1) is 0 Å². The molecule has 10 nitrogen and oxygen atoms in total. The normalized spacial score (nSPS) is 12.2. The maximum atomic E-state index is 13.3. The van der Waals surface area contributed by atoms with Crippen molar-refractivity contribution in [1.29, 1.82) is 0 Å². The summed E-state index contributed by atoms with van der Waals surface area (Å²) >= 11 is 12.4. The number of ether oxygens (including phenoxy) is 1. The van der Waals surface area contributed by atoms with Crippen LogP contribution in [-0.2, 0) is 26.8 Å². The largest absolute Gasteiger partial charge is 0.462 e. The van der Waals surface area contributed by atoms with Gasteiger partial charge in [-0.2, -0.15) is 13.1 Å². The molecule has 1 atom stereocenters. The number of amides is 2. The zero-order valence-corrected chi connectivity index (χ0v) is 22.6. The monoisotopic (exact) mass is 568 g/mol. The molecule has 0 spiro atoms. The predicted molar refractivity (Wildman–Crippen MR) is 141 cm³/mol. The molecule has 2 amide bonds. The van der Waals surface area contributed by atoms with Gasteiger partial charge in [0.05, 0.1) is 28.3 Å². The molecule has 0 saturated carbocycles. The average Bonchev–Trinajstić information content (AvgIpc) is 3.17. The molecule has 1 aromatic heterocycles. The maximum Gasteiger partial charge on any atom is 0.338 e. The third-order valence-electron chi connectivity index (χ3n) is 5.45. The maximum absolute atomic E-state index is 13.3. The lowest BCUT2D eigenvalue weighted by atomic mass is 10.0. The highest BCUT2D eigenvalue weighted by molar-refractivity contribution is 7.88. The van der Waals surface area contributed by atoms with Crippen LogP contribution in [0.5, 0.6) is 0 Å². The van der Waals surface area contributed by atoms with E-state index >= 15 is 0 Å². The quantitative estimate of drug-likeness (QED) is 0.320. The van der Waals surface area contributed by atoms with E-state index in [1.807, 2.05) is 4.72 Å². The standard InChI is InChI=1S/C24H26Cl2N4O6S/c1-4-36-24(33)16-7-5-6-15(12-16)19(10-11-27-37(34,35)29-14(2)31)28-23(32)21-13-17-20(30(21)3)9-8-18(25)22(17)26/h5-9,12-13,19,27H,4,10-11H2,1-3H3,(H,28,32)(H,29,31). The molecule has 0 bridgehead atoms. The molecule has 0 fully saturated rings. The molecule has 0 saturated heterocycles. The van der Waals surface area contributed by atoms with Crippen LogP contribution in [0.2, 0.25) is 10.0 Å². The lowest BCUT2D eigenvalue weighted by molar-refractivity contribution is -0.117. The van der Waals surface area contributed by atoms with Gasteiger partial charge in [0.15, 0.2) is 0 Å². The van der Waals surface area contributed by atoms with Crippen molar-refractivity contribution in [1.82, 2.24) is 19.3 Å². The Morgan fingerprint density at radius 3 is 2.51 bits per heavy atom. The highest BCUT2D eigenvalue weighted by Gasteiger charge is 2.22. The number of hydrogen-bond acceptors (Lipinski definition) is 6. The van der Waals surface area contributed by atoms with Crippen molar-refractivity contribution >= 4 is 62.1 Å². The number of esters is 1. The van der Waals surface area contributed by atoms with Crippen LogP contribution in [0.25, 0.3) is 10.9 Å². The molecule has 3 aromatic rings. The summed E-state index contributed by atoms with van der Waals surface area (Å²) in [6.45, 7) is 2.84. The average molecular weight is 569 g/mol. The van der Waals surface area contributed by atoms with Crippen LogP contribution in [0.3, 0.4) is 0 Å². The number of hydrogen-bond donors (Lipinski definition) is 3. The van der Waals surface area contributed by atoms with Gasteiger partial charge in [-0.1, -0.05) is 35.3 Å². The van der Waals surface area contributed by atoms with Crippen molar-refractivity contribution in [2.24, 2.45) is 7.05 Å². The van der Waals surface area contributed by atoms with Gasteiger partial charge in [-0.3, -0.25) is 9.59 Å². The van der Waals surface area contributed by atoms with Crippen molar-refractivity contribution in [2.45, 2.75) is 26.3 Å². The fourth-order valence-electron chi connectivity index (χ4n) is 3.78. The topological polar surface area (TPSA) is 136 Å². The third-order valence-corrected chi connectivity index (χ3v) is 7.41. The number of nitrogens with zero attached hydrogens (tertiary/aromatic N) is 1. The minimum absolute atomic E-state index is 0.105. The van der Waals surface area contributed by atoms with E-state index < -0.39 is 34.0 Å². The first kappa shape index (κ1) is 28.5. The van der Waals surface area contributed by atoms with Crippen molar-refractivity contribution < 1.29 is 27.5 Å². The number of halogens is 2. The molecular formula is C24H26Cl2N4O6S. The van der Waals surface area contributed by atoms with E-state index in [-0.39, 0.29) is 25.1 Å². The van der Waals surface area contributed by atoms with Gasteiger partial charge in [-0.25, -0.2) is 9.52 Å². The zero-order chi connectivity index (χ0) is 27.3. The number of aromatic nitrogens is 1. The number of benzene rings is 2. The fraction of sp³-hybridized carbons (Fsp3) is 0.292. The van der Waals surface area contributed by atoms with Gasteiger partial charge < -0.3 is 14.6 Å². The second kappa shape index (κ2) is 12.0. The van der Waals surface area contributed by atoms with Gasteiger partial charge in [0.1, 0.15) is 5.69 Å². The number of carbonyl (C=O) groups excluding carboxylic acids is 3. The van der Waals surface area contributed by atoms with Crippen LogP contribution in [0.1, 0.15) is 52.7 Å². The summed E-state index contributed by atoms with van der Waals surface area (Å²) in [6, 6.07) is 10.8. The Morgan fingerprint density at radius 1 is 1.11 bits per heavy atom. The summed E-state index contributed by atoms with van der Waals surface area (Å²) in [7, 11) is -2.36. The summed E-state index contributed by atoms with van der Waals surface area (Å²) < 4.78 is 34.8. The molecule has 0 radical (unpaired) electrons. The Bertz CT molecular complexity index is 1450. The highest BCUT2D eigenvalue weighted by Crippen LogP contribution is 2.32. The number of aryl methyl sites for hydroxylation is 1. The molecule has 1 heterocycles. The first-order valence-corrected chi connectivity index (χ1v) is 13.5. The van der Waals surface area contributed by atoms with Gasteiger partial charge in [-0.05, 0) is 49.2 Å². The van der Waals surface area contributed by atoms with Gasteiger partial charge in [0.25, 0.3) is 5.91 Å². The summed E-state index contributed by atoms with van der Waals surface area (Å²) in [5.74, 6) is -1.72.